The predicted octanol–water partition coefficient (Wildman–Crippen LogP) is 1.64. The van der Waals surface area contributed by atoms with Crippen molar-refractivity contribution in [3.8, 4) is 0 Å². The van der Waals surface area contributed by atoms with Crippen molar-refractivity contribution in [2.75, 3.05) is 36.0 Å². The summed E-state index contributed by atoms with van der Waals surface area (Å²) in [5.74, 6) is 0.152. The van der Waals surface area contributed by atoms with Crippen LogP contribution in [0.15, 0.2) is 24.3 Å². The molecule has 0 aliphatic heterocycles. The summed E-state index contributed by atoms with van der Waals surface area (Å²) in [4.78, 5) is 1.94. The molecule has 0 atom stereocenters. The molecule has 1 aromatic carbocycles. The van der Waals surface area contributed by atoms with Crippen LogP contribution in [-0.4, -0.2) is 40.9 Å². The summed E-state index contributed by atoms with van der Waals surface area (Å²) in [5, 5.41) is 3.32. The van der Waals surface area contributed by atoms with Crippen LogP contribution in [0.25, 0.3) is 0 Å². The molecule has 0 bridgehead atoms. The van der Waals surface area contributed by atoms with Crippen molar-refractivity contribution in [2.45, 2.75) is 25.3 Å². The van der Waals surface area contributed by atoms with Gasteiger partial charge in [-0.25, -0.2) is 8.42 Å². The van der Waals surface area contributed by atoms with Gasteiger partial charge in [-0.3, -0.25) is 4.72 Å². The SMILES string of the molecule is CN(C)c1cccc(NS(=O)(=O)CCCNC2CC2)c1. The van der Waals surface area contributed by atoms with Crippen LogP contribution in [0.3, 0.4) is 0 Å². The van der Waals surface area contributed by atoms with Crippen LogP contribution in [0.4, 0.5) is 11.4 Å². The first-order valence-corrected chi connectivity index (χ1v) is 8.63. The van der Waals surface area contributed by atoms with E-state index in [1.807, 2.05) is 37.2 Å². The van der Waals surface area contributed by atoms with E-state index in [1.165, 1.54) is 12.8 Å². The normalized spacial score (nSPS) is 15.1. The molecule has 0 saturated heterocycles. The average Bonchev–Trinajstić information content (AvgIpc) is 3.18. The van der Waals surface area contributed by atoms with Gasteiger partial charge in [0.15, 0.2) is 0 Å². The van der Waals surface area contributed by atoms with Gasteiger partial charge in [0.25, 0.3) is 0 Å². The number of rotatable bonds is 8. The summed E-state index contributed by atoms with van der Waals surface area (Å²) in [5.41, 5.74) is 1.59. The largest absolute Gasteiger partial charge is 0.378 e. The zero-order valence-electron chi connectivity index (χ0n) is 12.1. The number of anilines is 2. The van der Waals surface area contributed by atoms with Crippen LogP contribution < -0.4 is 14.9 Å². The van der Waals surface area contributed by atoms with Crippen molar-refractivity contribution in [3.05, 3.63) is 24.3 Å². The van der Waals surface area contributed by atoms with Gasteiger partial charge in [0.05, 0.1) is 11.4 Å². The maximum absolute atomic E-state index is 12.0. The van der Waals surface area contributed by atoms with Crippen molar-refractivity contribution in [1.82, 2.24) is 5.32 Å². The van der Waals surface area contributed by atoms with Crippen LogP contribution in [-0.2, 0) is 10.0 Å². The molecule has 0 spiro atoms. The van der Waals surface area contributed by atoms with E-state index >= 15 is 0 Å². The molecule has 0 heterocycles. The molecule has 0 unspecified atom stereocenters. The molecule has 1 fully saturated rings. The van der Waals surface area contributed by atoms with E-state index in [1.54, 1.807) is 6.07 Å². The van der Waals surface area contributed by atoms with E-state index in [0.717, 1.165) is 12.2 Å². The Labute approximate surface area is 121 Å². The lowest BCUT2D eigenvalue weighted by atomic mass is 10.3. The van der Waals surface area contributed by atoms with E-state index in [9.17, 15) is 8.42 Å². The Hall–Kier alpha value is -1.27. The molecular formula is C14H23N3O2S. The maximum Gasteiger partial charge on any atom is 0.232 e. The Balaban J connectivity index is 1.84. The Morgan fingerprint density at radius 2 is 2.05 bits per heavy atom. The van der Waals surface area contributed by atoms with E-state index in [2.05, 4.69) is 10.0 Å². The van der Waals surface area contributed by atoms with Gasteiger partial charge in [-0.15, -0.1) is 0 Å². The molecule has 1 saturated carbocycles. The third kappa shape index (κ3) is 5.02. The fraction of sp³-hybridized carbons (Fsp3) is 0.571. The van der Waals surface area contributed by atoms with Crippen molar-refractivity contribution >= 4 is 21.4 Å². The second-order valence-corrected chi connectivity index (χ2v) is 7.29. The molecular weight excluding hydrogens is 274 g/mol. The zero-order valence-corrected chi connectivity index (χ0v) is 12.9. The first kappa shape index (κ1) is 15.1. The molecule has 1 aromatic rings. The minimum Gasteiger partial charge on any atom is -0.378 e. The number of hydrogen-bond acceptors (Lipinski definition) is 4. The molecule has 20 heavy (non-hydrogen) atoms. The number of benzene rings is 1. The molecule has 0 radical (unpaired) electrons. The Bertz CT molecular complexity index is 539. The van der Waals surface area contributed by atoms with Crippen molar-refractivity contribution < 1.29 is 8.42 Å². The summed E-state index contributed by atoms with van der Waals surface area (Å²) in [6.07, 6.45) is 3.09. The van der Waals surface area contributed by atoms with Gasteiger partial charge in [0, 0.05) is 25.8 Å². The second-order valence-electron chi connectivity index (χ2n) is 5.45. The first-order chi connectivity index (χ1) is 9.46. The Kier molecular flexibility index (Phi) is 4.88. The summed E-state index contributed by atoms with van der Waals surface area (Å²) in [6.45, 7) is 0.767. The first-order valence-electron chi connectivity index (χ1n) is 6.97. The lowest BCUT2D eigenvalue weighted by molar-refractivity contribution is 0.593. The smallest absolute Gasteiger partial charge is 0.232 e. The van der Waals surface area contributed by atoms with Gasteiger partial charge < -0.3 is 10.2 Å². The monoisotopic (exact) mass is 297 g/mol. The molecule has 5 nitrogen and oxygen atoms in total. The maximum atomic E-state index is 12.0. The van der Waals surface area contributed by atoms with Crippen LogP contribution in [0.2, 0.25) is 0 Å². The fourth-order valence-electron chi connectivity index (χ4n) is 1.93. The predicted molar refractivity (Wildman–Crippen MR) is 83.8 cm³/mol. The lowest BCUT2D eigenvalue weighted by Crippen LogP contribution is -2.23. The molecule has 2 N–H and O–H groups in total. The summed E-state index contributed by atoms with van der Waals surface area (Å²) < 4.78 is 26.6. The van der Waals surface area contributed by atoms with Crippen molar-refractivity contribution in [1.29, 1.82) is 0 Å². The van der Waals surface area contributed by atoms with Crippen LogP contribution in [0, 0.1) is 0 Å². The number of hydrogen-bond donors (Lipinski definition) is 2. The highest BCUT2D eigenvalue weighted by molar-refractivity contribution is 7.92. The number of nitrogens with zero attached hydrogens (tertiary/aromatic N) is 1. The van der Waals surface area contributed by atoms with Crippen LogP contribution in [0.5, 0.6) is 0 Å². The van der Waals surface area contributed by atoms with Gasteiger partial charge in [-0.1, -0.05) is 6.07 Å². The highest BCUT2D eigenvalue weighted by Crippen LogP contribution is 2.19. The highest BCUT2D eigenvalue weighted by atomic mass is 32.2. The molecule has 0 amide bonds. The Morgan fingerprint density at radius 1 is 1.30 bits per heavy atom. The Morgan fingerprint density at radius 3 is 2.70 bits per heavy atom. The minimum atomic E-state index is -3.26. The topological polar surface area (TPSA) is 61.4 Å². The van der Waals surface area contributed by atoms with E-state index in [0.29, 0.717) is 18.2 Å². The van der Waals surface area contributed by atoms with Crippen molar-refractivity contribution in [3.63, 3.8) is 0 Å². The standard InChI is InChI=1S/C14H23N3O2S/c1-17(2)14-6-3-5-13(11-14)16-20(18,19)10-4-9-15-12-7-8-12/h3,5-6,11-12,15-16H,4,7-10H2,1-2H3. The molecule has 1 aliphatic carbocycles. The quantitative estimate of drug-likeness (QED) is 0.716. The third-order valence-corrected chi connectivity index (χ3v) is 4.61. The summed E-state index contributed by atoms with van der Waals surface area (Å²) in [6, 6.07) is 8.02. The summed E-state index contributed by atoms with van der Waals surface area (Å²) >= 11 is 0. The zero-order chi connectivity index (χ0) is 14.6. The van der Waals surface area contributed by atoms with Gasteiger partial charge in [-0.2, -0.15) is 0 Å². The highest BCUT2D eigenvalue weighted by Gasteiger charge is 2.20. The average molecular weight is 297 g/mol. The molecule has 0 aromatic heterocycles. The van der Waals surface area contributed by atoms with E-state index in [4.69, 9.17) is 0 Å². The molecule has 112 valence electrons. The minimum absolute atomic E-state index is 0.152. The van der Waals surface area contributed by atoms with Gasteiger partial charge in [0.1, 0.15) is 0 Å². The molecule has 1 aliphatic rings. The number of nitrogens with one attached hydrogen (secondary N) is 2. The van der Waals surface area contributed by atoms with Gasteiger partial charge in [-0.05, 0) is 44.0 Å². The molecule has 2 rings (SSSR count). The van der Waals surface area contributed by atoms with Crippen LogP contribution >= 0.6 is 0 Å². The van der Waals surface area contributed by atoms with E-state index in [-0.39, 0.29) is 5.75 Å². The third-order valence-electron chi connectivity index (χ3n) is 3.24. The second kappa shape index (κ2) is 6.45. The van der Waals surface area contributed by atoms with Gasteiger partial charge in [0.2, 0.25) is 10.0 Å². The van der Waals surface area contributed by atoms with Gasteiger partial charge >= 0.3 is 0 Å². The fourth-order valence-corrected chi connectivity index (χ4v) is 3.05. The van der Waals surface area contributed by atoms with Crippen LogP contribution in [0.1, 0.15) is 19.3 Å². The summed E-state index contributed by atoms with van der Waals surface area (Å²) in [7, 11) is 0.592. The van der Waals surface area contributed by atoms with E-state index < -0.39 is 10.0 Å². The number of sulfonamides is 1. The molecule has 6 heteroatoms. The lowest BCUT2D eigenvalue weighted by Gasteiger charge is -2.14. The van der Waals surface area contributed by atoms with Crippen molar-refractivity contribution in [2.24, 2.45) is 0 Å².